The normalized spacial score (nSPS) is 11.3. The number of likely N-dealkylation sites (N-methyl/N-ethyl adjacent to an activating group) is 1. The first-order chi connectivity index (χ1) is 8.30. The van der Waals surface area contributed by atoms with Gasteiger partial charge in [-0.25, -0.2) is 4.98 Å². The van der Waals surface area contributed by atoms with Crippen LogP contribution in [0.4, 0.5) is 0 Å². The minimum absolute atomic E-state index is 0.650. The fraction of sp³-hybridized carbons (Fsp3) is 0.750. The van der Waals surface area contributed by atoms with E-state index in [1.807, 2.05) is 17.8 Å². The van der Waals surface area contributed by atoms with Gasteiger partial charge in [-0.05, 0) is 13.5 Å². The van der Waals surface area contributed by atoms with Crippen molar-refractivity contribution in [3.63, 3.8) is 0 Å². The van der Waals surface area contributed by atoms with Crippen LogP contribution in [0, 0.1) is 0 Å². The molecule has 1 aromatic heterocycles. The summed E-state index contributed by atoms with van der Waals surface area (Å²) in [6.45, 7) is 10.1. The maximum Gasteiger partial charge on any atom is 0.0950 e. The molecule has 0 unspecified atom stereocenters. The number of imidazole rings is 1. The van der Waals surface area contributed by atoms with Gasteiger partial charge in [0.25, 0.3) is 0 Å². The number of aromatic nitrogens is 2. The lowest BCUT2D eigenvalue weighted by Crippen LogP contribution is -2.27. The molecule has 0 bridgehead atoms. The van der Waals surface area contributed by atoms with Crippen LogP contribution in [0.15, 0.2) is 12.5 Å². The van der Waals surface area contributed by atoms with Gasteiger partial charge in [-0.15, -0.1) is 0 Å². The summed E-state index contributed by atoms with van der Waals surface area (Å²) >= 11 is 0. The summed E-state index contributed by atoms with van der Waals surface area (Å²) in [5, 5.41) is 0. The zero-order valence-electron chi connectivity index (χ0n) is 10.9. The Balaban J connectivity index is 2.37. The standard InChI is InChI=1S/C12H24N4O/c1-3-15(7-8-17-4-2)9-12-10-16(6-5-13)11-14-12/h10-11H,3-9,13H2,1-2H3. The van der Waals surface area contributed by atoms with E-state index in [1.165, 1.54) is 0 Å². The van der Waals surface area contributed by atoms with Gasteiger partial charge in [-0.1, -0.05) is 6.92 Å². The molecule has 5 heteroatoms. The molecule has 5 nitrogen and oxygen atoms in total. The molecular formula is C12H24N4O. The van der Waals surface area contributed by atoms with Gasteiger partial charge in [0.15, 0.2) is 0 Å². The van der Waals surface area contributed by atoms with Gasteiger partial charge in [-0.3, -0.25) is 4.90 Å². The van der Waals surface area contributed by atoms with E-state index in [4.69, 9.17) is 10.5 Å². The van der Waals surface area contributed by atoms with Crippen LogP contribution in [0.25, 0.3) is 0 Å². The summed E-state index contributed by atoms with van der Waals surface area (Å²) in [6, 6.07) is 0. The average molecular weight is 240 g/mol. The van der Waals surface area contributed by atoms with Crippen LogP contribution in [0.2, 0.25) is 0 Å². The lowest BCUT2D eigenvalue weighted by atomic mass is 10.4. The molecule has 2 N–H and O–H groups in total. The van der Waals surface area contributed by atoms with Gasteiger partial charge in [-0.2, -0.15) is 0 Å². The Morgan fingerprint density at radius 2 is 2.29 bits per heavy atom. The maximum atomic E-state index is 5.50. The van der Waals surface area contributed by atoms with Gasteiger partial charge >= 0.3 is 0 Å². The quantitative estimate of drug-likeness (QED) is 0.646. The summed E-state index contributed by atoms with van der Waals surface area (Å²) in [7, 11) is 0. The second kappa shape index (κ2) is 8.22. The van der Waals surface area contributed by atoms with Crippen molar-refractivity contribution in [2.45, 2.75) is 26.9 Å². The molecule has 0 aliphatic heterocycles. The Labute approximate surface area is 104 Å². The highest BCUT2D eigenvalue weighted by molar-refractivity contribution is 4.96. The highest BCUT2D eigenvalue weighted by Crippen LogP contribution is 2.02. The van der Waals surface area contributed by atoms with Crippen LogP contribution in [-0.2, 0) is 17.8 Å². The highest BCUT2D eigenvalue weighted by Gasteiger charge is 2.05. The number of hydrogen-bond donors (Lipinski definition) is 1. The predicted octanol–water partition coefficient (Wildman–Crippen LogP) is 0.700. The molecule has 1 rings (SSSR count). The molecule has 0 radical (unpaired) electrons. The fourth-order valence-electron chi connectivity index (χ4n) is 1.68. The van der Waals surface area contributed by atoms with Crippen LogP contribution in [0.5, 0.6) is 0 Å². The lowest BCUT2D eigenvalue weighted by Gasteiger charge is -2.18. The zero-order chi connectivity index (χ0) is 12.5. The Kier molecular flexibility index (Phi) is 6.84. The van der Waals surface area contributed by atoms with Crippen molar-refractivity contribution in [3.05, 3.63) is 18.2 Å². The van der Waals surface area contributed by atoms with E-state index in [2.05, 4.69) is 23.0 Å². The van der Waals surface area contributed by atoms with E-state index in [0.29, 0.717) is 6.54 Å². The lowest BCUT2D eigenvalue weighted by molar-refractivity contribution is 0.112. The second-order valence-electron chi connectivity index (χ2n) is 3.96. The molecular weight excluding hydrogens is 216 g/mol. The molecule has 0 atom stereocenters. The van der Waals surface area contributed by atoms with Crippen molar-refractivity contribution in [1.29, 1.82) is 0 Å². The van der Waals surface area contributed by atoms with Crippen molar-refractivity contribution in [1.82, 2.24) is 14.5 Å². The van der Waals surface area contributed by atoms with Crippen LogP contribution in [0.3, 0.4) is 0 Å². The molecule has 0 aliphatic carbocycles. The maximum absolute atomic E-state index is 5.50. The third-order valence-corrected chi connectivity index (χ3v) is 2.66. The van der Waals surface area contributed by atoms with Crippen molar-refractivity contribution < 1.29 is 4.74 Å². The summed E-state index contributed by atoms with van der Waals surface area (Å²) in [4.78, 5) is 6.70. The van der Waals surface area contributed by atoms with E-state index in [9.17, 15) is 0 Å². The molecule has 1 aromatic rings. The summed E-state index contributed by atoms with van der Waals surface area (Å²) in [5.41, 5.74) is 6.60. The number of nitrogens with two attached hydrogens (primary N) is 1. The van der Waals surface area contributed by atoms with Gasteiger partial charge in [0.05, 0.1) is 18.6 Å². The number of hydrogen-bond acceptors (Lipinski definition) is 4. The SMILES string of the molecule is CCOCCN(CC)Cc1cn(CCN)cn1. The molecule has 0 saturated heterocycles. The first-order valence-electron chi connectivity index (χ1n) is 6.31. The average Bonchev–Trinajstić information content (AvgIpc) is 2.76. The second-order valence-corrected chi connectivity index (χ2v) is 3.96. The van der Waals surface area contributed by atoms with Gasteiger partial charge in [0.1, 0.15) is 0 Å². The van der Waals surface area contributed by atoms with Crippen LogP contribution >= 0.6 is 0 Å². The van der Waals surface area contributed by atoms with Gasteiger partial charge in [0, 0.05) is 39.0 Å². The Morgan fingerprint density at radius 3 is 2.94 bits per heavy atom. The van der Waals surface area contributed by atoms with E-state index >= 15 is 0 Å². The van der Waals surface area contributed by atoms with E-state index < -0.39 is 0 Å². The molecule has 1 heterocycles. The van der Waals surface area contributed by atoms with Crippen LogP contribution in [0.1, 0.15) is 19.5 Å². The molecule has 0 aromatic carbocycles. The third kappa shape index (κ3) is 5.30. The van der Waals surface area contributed by atoms with E-state index in [1.54, 1.807) is 0 Å². The van der Waals surface area contributed by atoms with Crippen molar-refractivity contribution in [2.24, 2.45) is 5.73 Å². The Bertz CT molecular complexity index is 300. The summed E-state index contributed by atoms with van der Waals surface area (Å²) in [6.07, 6.45) is 3.91. The molecule has 0 aliphatic rings. The monoisotopic (exact) mass is 240 g/mol. The topological polar surface area (TPSA) is 56.3 Å². The number of rotatable bonds is 9. The zero-order valence-corrected chi connectivity index (χ0v) is 10.9. The smallest absolute Gasteiger partial charge is 0.0950 e. The molecule has 0 fully saturated rings. The molecule has 0 saturated carbocycles. The largest absolute Gasteiger partial charge is 0.380 e. The number of nitrogens with zero attached hydrogens (tertiary/aromatic N) is 3. The fourth-order valence-corrected chi connectivity index (χ4v) is 1.68. The predicted molar refractivity (Wildman–Crippen MR) is 68.7 cm³/mol. The molecule has 98 valence electrons. The van der Waals surface area contributed by atoms with Crippen LogP contribution < -0.4 is 5.73 Å². The molecule has 17 heavy (non-hydrogen) atoms. The Morgan fingerprint density at radius 1 is 1.47 bits per heavy atom. The third-order valence-electron chi connectivity index (χ3n) is 2.66. The minimum Gasteiger partial charge on any atom is -0.380 e. The van der Waals surface area contributed by atoms with Gasteiger partial charge in [0.2, 0.25) is 0 Å². The van der Waals surface area contributed by atoms with Crippen molar-refractivity contribution in [2.75, 3.05) is 32.8 Å². The first-order valence-corrected chi connectivity index (χ1v) is 6.31. The molecule has 0 amide bonds. The van der Waals surface area contributed by atoms with Crippen molar-refractivity contribution >= 4 is 0 Å². The van der Waals surface area contributed by atoms with E-state index in [-0.39, 0.29) is 0 Å². The Hall–Kier alpha value is -0.910. The van der Waals surface area contributed by atoms with Crippen LogP contribution in [-0.4, -0.2) is 47.3 Å². The summed E-state index contributed by atoms with van der Waals surface area (Å²) < 4.78 is 7.40. The minimum atomic E-state index is 0.650. The summed E-state index contributed by atoms with van der Waals surface area (Å²) in [5.74, 6) is 0. The first kappa shape index (κ1) is 14.2. The highest BCUT2D eigenvalue weighted by atomic mass is 16.5. The van der Waals surface area contributed by atoms with Crippen molar-refractivity contribution in [3.8, 4) is 0 Å². The molecule has 0 spiro atoms. The van der Waals surface area contributed by atoms with E-state index in [0.717, 1.165) is 45.1 Å². The number of ether oxygens (including phenoxy) is 1. The van der Waals surface area contributed by atoms with Gasteiger partial charge < -0.3 is 15.0 Å².